The fourth-order valence-electron chi connectivity index (χ4n) is 4.14. The van der Waals surface area contributed by atoms with Crippen molar-refractivity contribution in [3.05, 3.63) is 35.4 Å². The van der Waals surface area contributed by atoms with E-state index in [0.29, 0.717) is 18.4 Å². The molecular weight excluding hydrogens is 492 g/mol. The smallest absolute Gasteiger partial charge is 0.408 e. The summed E-state index contributed by atoms with van der Waals surface area (Å²) in [7, 11) is 0. The highest BCUT2D eigenvalue weighted by atomic mass is 16.6. The van der Waals surface area contributed by atoms with Crippen molar-refractivity contribution in [2.45, 2.75) is 90.4 Å². The number of rotatable bonds is 12. The number of amides is 4. The lowest BCUT2D eigenvalue weighted by atomic mass is 9.87. The molecule has 0 aliphatic heterocycles. The molecule has 0 radical (unpaired) electrons. The molecule has 0 heterocycles. The van der Waals surface area contributed by atoms with Gasteiger partial charge in [0.1, 0.15) is 17.7 Å². The van der Waals surface area contributed by atoms with Gasteiger partial charge in [-0.15, -0.1) is 0 Å². The molecule has 1 fully saturated rings. The Bertz CT molecular complexity index is 1020. The van der Waals surface area contributed by atoms with Gasteiger partial charge in [-0.1, -0.05) is 24.3 Å². The second-order valence-corrected chi connectivity index (χ2v) is 10.3. The van der Waals surface area contributed by atoms with Crippen molar-refractivity contribution in [2.24, 2.45) is 5.73 Å². The van der Waals surface area contributed by atoms with Gasteiger partial charge in [0, 0.05) is 12.6 Å². The molecular formula is C27H40N4O7. The highest BCUT2D eigenvalue weighted by Crippen LogP contribution is 2.35. The summed E-state index contributed by atoms with van der Waals surface area (Å²) in [5.41, 5.74) is 5.96. The first kappa shape index (κ1) is 30.6. The molecule has 0 aromatic heterocycles. The number of nitrogens with two attached hydrogens (primary N) is 1. The molecule has 2 rings (SSSR count). The molecule has 210 valence electrons. The molecule has 1 saturated carbocycles. The number of alkyl carbamates (subject to hydrolysis) is 1. The van der Waals surface area contributed by atoms with Crippen LogP contribution >= 0.6 is 0 Å². The summed E-state index contributed by atoms with van der Waals surface area (Å²) in [6.45, 7) is 8.80. The maximum Gasteiger partial charge on any atom is 0.408 e. The third-order valence-electron chi connectivity index (χ3n) is 6.06. The van der Waals surface area contributed by atoms with Crippen molar-refractivity contribution in [3.8, 4) is 0 Å². The molecule has 2 unspecified atom stereocenters. The molecule has 4 N–H and O–H groups in total. The van der Waals surface area contributed by atoms with E-state index in [9.17, 15) is 24.0 Å². The molecule has 0 spiro atoms. The van der Waals surface area contributed by atoms with Gasteiger partial charge in [-0.05, 0) is 65.0 Å². The van der Waals surface area contributed by atoms with Crippen molar-refractivity contribution < 1.29 is 33.4 Å². The fraction of sp³-hybridized carbons (Fsp3) is 0.593. The number of ether oxygens (including phenoxy) is 2. The maximum absolute atomic E-state index is 14.0. The van der Waals surface area contributed by atoms with Gasteiger partial charge in [-0.3, -0.25) is 19.2 Å². The number of benzene rings is 1. The number of aryl methyl sites for hydroxylation is 1. The van der Waals surface area contributed by atoms with E-state index in [0.717, 1.165) is 12.0 Å². The summed E-state index contributed by atoms with van der Waals surface area (Å²) in [4.78, 5) is 65.3. The van der Waals surface area contributed by atoms with Gasteiger partial charge in [-0.2, -0.15) is 0 Å². The zero-order chi connectivity index (χ0) is 28.5. The number of nitrogens with one attached hydrogen (secondary N) is 2. The molecule has 1 aromatic rings. The van der Waals surface area contributed by atoms with Crippen LogP contribution in [0.15, 0.2) is 24.3 Å². The number of hydrogen-bond donors (Lipinski definition) is 3. The van der Waals surface area contributed by atoms with E-state index in [-0.39, 0.29) is 25.6 Å². The normalized spacial score (nSPS) is 14.9. The highest BCUT2D eigenvalue weighted by molar-refractivity contribution is 5.95. The molecule has 1 aliphatic rings. The third kappa shape index (κ3) is 9.04. The zero-order valence-corrected chi connectivity index (χ0v) is 22.9. The summed E-state index contributed by atoms with van der Waals surface area (Å²) in [5, 5.41) is 5.22. The molecule has 1 aromatic carbocycles. The van der Waals surface area contributed by atoms with Crippen molar-refractivity contribution in [1.29, 1.82) is 0 Å². The van der Waals surface area contributed by atoms with Crippen LogP contribution in [0.2, 0.25) is 0 Å². The minimum Gasteiger partial charge on any atom is -0.466 e. The lowest BCUT2D eigenvalue weighted by molar-refractivity contribution is -0.148. The van der Waals surface area contributed by atoms with Crippen molar-refractivity contribution in [1.82, 2.24) is 15.5 Å². The van der Waals surface area contributed by atoms with Crippen molar-refractivity contribution in [2.75, 3.05) is 13.2 Å². The highest BCUT2D eigenvalue weighted by Gasteiger charge is 2.42. The van der Waals surface area contributed by atoms with Crippen LogP contribution in [0.4, 0.5) is 4.79 Å². The minimum atomic E-state index is -1.33. The Morgan fingerprint density at radius 1 is 1.13 bits per heavy atom. The topological polar surface area (TPSA) is 157 Å². The van der Waals surface area contributed by atoms with Crippen molar-refractivity contribution >= 4 is 29.8 Å². The largest absolute Gasteiger partial charge is 0.466 e. The van der Waals surface area contributed by atoms with Gasteiger partial charge in [0.2, 0.25) is 17.7 Å². The van der Waals surface area contributed by atoms with Crippen LogP contribution in [0, 0.1) is 6.92 Å². The van der Waals surface area contributed by atoms with Gasteiger partial charge in [0.25, 0.3) is 0 Å². The van der Waals surface area contributed by atoms with E-state index in [4.69, 9.17) is 15.2 Å². The molecule has 11 nitrogen and oxygen atoms in total. The van der Waals surface area contributed by atoms with E-state index in [1.165, 1.54) is 4.90 Å². The Balaban J connectivity index is 2.43. The summed E-state index contributed by atoms with van der Waals surface area (Å²) < 4.78 is 10.2. The van der Waals surface area contributed by atoms with Crippen LogP contribution in [0.1, 0.15) is 77.0 Å². The maximum atomic E-state index is 14.0. The van der Waals surface area contributed by atoms with Crippen LogP contribution in [-0.4, -0.2) is 65.5 Å². The van der Waals surface area contributed by atoms with Crippen molar-refractivity contribution in [3.63, 3.8) is 0 Å². The molecule has 4 amide bonds. The van der Waals surface area contributed by atoms with Gasteiger partial charge in [-0.25, -0.2) is 4.79 Å². The average Bonchev–Trinajstić information content (AvgIpc) is 2.76. The molecule has 0 bridgehead atoms. The van der Waals surface area contributed by atoms with E-state index in [2.05, 4.69) is 10.6 Å². The van der Waals surface area contributed by atoms with E-state index in [1.807, 2.05) is 19.1 Å². The van der Waals surface area contributed by atoms with Crippen LogP contribution in [0.25, 0.3) is 0 Å². The van der Waals surface area contributed by atoms with Crippen LogP contribution in [0.5, 0.6) is 0 Å². The Labute approximate surface area is 223 Å². The number of primary amides is 1. The van der Waals surface area contributed by atoms with E-state index >= 15 is 0 Å². The number of hydrogen-bond acceptors (Lipinski definition) is 7. The van der Waals surface area contributed by atoms with Gasteiger partial charge in [0.15, 0.2) is 0 Å². The van der Waals surface area contributed by atoms with Crippen LogP contribution in [0.3, 0.4) is 0 Å². The number of nitrogens with zero attached hydrogens (tertiary/aromatic N) is 1. The summed E-state index contributed by atoms with van der Waals surface area (Å²) in [6, 6.07) is 4.49. The lowest BCUT2D eigenvalue weighted by Crippen LogP contribution is -2.58. The SMILES string of the molecule is CCOC(=O)CCNC(=O)C(c1ccccc1C)N(C(=O)C(CC(N)=O)NC(=O)OC(C)(C)C)C1CCC1. The molecule has 0 saturated heterocycles. The Kier molecular flexibility index (Phi) is 11.1. The second-order valence-electron chi connectivity index (χ2n) is 10.3. The Hall–Kier alpha value is -3.63. The van der Waals surface area contributed by atoms with E-state index in [1.54, 1.807) is 39.8 Å². The first-order valence-corrected chi connectivity index (χ1v) is 12.9. The van der Waals surface area contributed by atoms with Gasteiger partial charge >= 0.3 is 12.1 Å². The average molecular weight is 533 g/mol. The fourth-order valence-corrected chi connectivity index (χ4v) is 4.14. The number of esters is 1. The predicted octanol–water partition coefficient (Wildman–Crippen LogP) is 2.26. The van der Waals surface area contributed by atoms with Gasteiger partial charge < -0.3 is 30.7 Å². The monoisotopic (exact) mass is 532 g/mol. The third-order valence-corrected chi connectivity index (χ3v) is 6.06. The summed E-state index contributed by atoms with van der Waals surface area (Å²) in [6.07, 6.45) is 0.796. The predicted molar refractivity (Wildman–Crippen MR) is 140 cm³/mol. The second kappa shape index (κ2) is 13.8. The molecule has 38 heavy (non-hydrogen) atoms. The van der Waals surface area contributed by atoms with Crippen LogP contribution < -0.4 is 16.4 Å². The first-order chi connectivity index (χ1) is 17.8. The lowest BCUT2D eigenvalue weighted by Gasteiger charge is -2.43. The summed E-state index contributed by atoms with van der Waals surface area (Å²) >= 11 is 0. The molecule has 11 heteroatoms. The molecule has 1 aliphatic carbocycles. The Morgan fingerprint density at radius 3 is 2.32 bits per heavy atom. The quantitative estimate of drug-likeness (QED) is 0.348. The van der Waals surface area contributed by atoms with E-state index < -0.39 is 53.9 Å². The zero-order valence-electron chi connectivity index (χ0n) is 22.9. The first-order valence-electron chi connectivity index (χ1n) is 12.9. The van der Waals surface area contributed by atoms with Crippen LogP contribution in [-0.2, 0) is 28.7 Å². The standard InChI is InChI=1S/C27H40N4O7/c1-6-37-22(33)14-15-29-24(34)23(19-13-8-7-10-17(19)2)31(18-11-9-12-18)25(35)20(16-21(28)32)30-26(36)38-27(3,4)5/h7-8,10,13,18,20,23H,6,9,11-12,14-16H2,1-5H3,(H2,28,32)(H,29,34)(H,30,36). The summed E-state index contributed by atoms with van der Waals surface area (Å²) in [5.74, 6) is -2.35. The number of carbonyl (C=O) groups excluding carboxylic acids is 5. The van der Waals surface area contributed by atoms with Gasteiger partial charge in [0.05, 0.1) is 19.4 Å². The number of carbonyl (C=O) groups is 5. The minimum absolute atomic E-state index is 0.0214. The molecule has 2 atom stereocenters. The Morgan fingerprint density at radius 2 is 1.79 bits per heavy atom.